The summed E-state index contributed by atoms with van der Waals surface area (Å²) < 4.78 is 0. The second kappa shape index (κ2) is 12.2. The zero-order chi connectivity index (χ0) is 16.8. The third-order valence-electron chi connectivity index (χ3n) is 5.15. The Balaban J connectivity index is 0.00000169. The van der Waals surface area contributed by atoms with Crippen molar-refractivity contribution >= 4 is 42.4 Å². The van der Waals surface area contributed by atoms with E-state index in [1.165, 1.54) is 36.9 Å². The summed E-state index contributed by atoms with van der Waals surface area (Å²) >= 11 is 1.82. The average molecular weight is 423 g/mol. The first kappa shape index (κ1) is 23.8. The van der Waals surface area contributed by atoms with Crippen molar-refractivity contribution in [3.8, 4) is 0 Å². The van der Waals surface area contributed by atoms with Gasteiger partial charge in [-0.15, -0.1) is 24.8 Å². The van der Waals surface area contributed by atoms with Crippen LogP contribution < -0.4 is 10.6 Å². The first-order chi connectivity index (χ1) is 11.8. The molecule has 1 aromatic heterocycles. The molecule has 3 N–H and O–H groups in total. The summed E-state index contributed by atoms with van der Waals surface area (Å²) in [7, 11) is 0. The predicted octanol–water partition coefficient (Wildman–Crippen LogP) is 3.19. The van der Waals surface area contributed by atoms with Crippen LogP contribution in [0.3, 0.4) is 0 Å². The molecule has 1 aliphatic heterocycles. The third-order valence-corrected chi connectivity index (χ3v) is 5.80. The Morgan fingerprint density at radius 3 is 2.62 bits per heavy atom. The van der Waals surface area contributed by atoms with Crippen molar-refractivity contribution < 1.29 is 5.11 Å². The first-order valence-corrected chi connectivity index (χ1v) is 10.7. The second-order valence-electron chi connectivity index (χ2n) is 6.89. The normalized spacial score (nSPS) is 18.2. The standard InChI is InChI=1S/C18H30N4OS.2ClH/c1-24-11-8-14(12-23)20-18-15-6-9-19-10-7-16(15)21-17(22-18)13-4-2-3-5-13;;/h13-14,19,23H,2-12H2,1H3,(H,20,21,22);2*1H/t14-;;/m0../s1. The van der Waals surface area contributed by atoms with E-state index >= 15 is 0 Å². The van der Waals surface area contributed by atoms with Gasteiger partial charge < -0.3 is 15.7 Å². The fraction of sp³-hybridized carbons (Fsp3) is 0.778. The highest BCUT2D eigenvalue weighted by atomic mass is 35.5. The third kappa shape index (κ3) is 6.13. The van der Waals surface area contributed by atoms with Crippen molar-refractivity contribution in [3.05, 3.63) is 17.1 Å². The Hall–Kier alpha value is -0.270. The maximum absolute atomic E-state index is 9.73. The average Bonchev–Trinajstić information content (AvgIpc) is 3.04. The van der Waals surface area contributed by atoms with E-state index in [1.807, 2.05) is 11.8 Å². The highest BCUT2D eigenvalue weighted by molar-refractivity contribution is 7.98. The molecule has 8 heteroatoms. The van der Waals surface area contributed by atoms with Crippen LogP contribution in [0.5, 0.6) is 0 Å². The highest BCUT2D eigenvalue weighted by Crippen LogP contribution is 2.34. The molecule has 26 heavy (non-hydrogen) atoms. The maximum atomic E-state index is 9.73. The van der Waals surface area contributed by atoms with Crippen LogP contribution in [0.1, 0.15) is 55.1 Å². The number of rotatable bonds is 7. The van der Waals surface area contributed by atoms with Crippen LogP contribution in [0, 0.1) is 0 Å². The van der Waals surface area contributed by atoms with E-state index in [9.17, 15) is 5.11 Å². The summed E-state index contributed by atoms with van der Waals surface area (Å²) in [4.78, 5) is 9.89. The highest BCUT2D eigenvalue weighted by Gasteiger charge is 2.24. The van der Waals surface area contributed by atoms with Crippen LogP contribution in [0.15, 0.2) is 0 Å². The van der Waals surface area contributed by atoms with Crippen LogP contribution in [-0.2, 0) is 12.8 Å². The van der Waals surface area contributed by atoms with Gasteiger partial charge in [-0.2, -0.15) is 11.8 Å². The van der Waals surface area contributed by atoms with Crippen LogP contribution >= 0.6 is 36.6 Å². The van der Waals surface area contributed by atoms with Crippen LogP contribution in [0.25, 0.3) is 0 Å². The molecule has 3 rings (SSSR count). The van der Waals surface area contributed by atoms with Gasteiger partial charge in [0.1, 0.15) is 11.6 Å². The number of nitrogens with one attached hydrogen (secondary N) is 2. The summed E-state index contributed by atoms with van der Waals surface area (Å²) in [5, 5.41) is 16.7. The van der Waals surface area contributed by atoms with E-state index < -0.39 is 0 Å². The Bertz CT molecular complexity index is 544. The molecule has 0 bridgehead atoms. The molecule has 0 unspecified atom stereocenters. The van der Waals surface area contributed by atoms with E-state index in [0.29, 0.717) is 5.92 Å². The van der Waals surface area contributed by atoms with Crippen LogP contribution in [0.4, 0.5) is 5.82 Å². The van der Waals surface area contributed by atoms with Gasteiger partial charge in [0, 0.05) is 24.4 Å². The van der Waals surface area contributed by atoms with E-state index in [1.54, 1.807) is 0 Å². The molecular formula is C18H32Cl2N4OS. The molecule has 0 amide bonds. The summed E-state index contributed by atoms with van der Waals surface area (Å²) in [6, 6.07) is 0.0732. The van der Waals surface area contributed by atoms with Crippen LogP contribution in [-0.4, -0.2) is 52.8 Å². The second-order valence-corrected chi connectivity index (χ2v) is 7.88. The molecule has 5 nitrogen and oxygen atoms in total. The number of hydrogen-bond donors (Lipinski definition) is 3. The minimum absolute atomic E-state index is 0. The lowest BCUT2D eigenvalue weighted by Gasteiger charge is -2.21. The number of fused-ring (bicyclic) bond motifs is 1. The van der Waals surface area contributed by atoms with E-state index in [4.69, 9.17) is 9.97 Å². The number of aliphatic hydroxyl groups excluding tert-OH is 1. The fourth-order valence-corrected chi connectivity index (χ4v) is 4.23. The minimum atomic E-state index is 0. The van der Waals surface area contributed by atoms with Crippen molar-refractivity contribution in [1.82, 2.24) is 15.3 Å². The lowest BCUT2D eigenvalue weighted by Crippen LogP contribution is -2.27. The lowest BCUT2D eigenvalue weighted by molar-refractivity contribution is 0.272. The largest absolute Gasteiger partial charge is 0.394 e. The zero-order valence-electron chi connectivity index (χ0n) is 15.5. The Kier molecular flexibility index (Phi) is 11.2. The van der Waals surface area contributed by atoms with Gasteiger partial charge in [-0.05, 0) is 44.2 Å². The summed E-state index contributed by atoms with van der Waals surface area (Å²) in [6.07, 6.45) is 10.0. The molecule has 0 aromatic carbocycles. The van der Waals surface area contributed by atoms with Crippen molar-refractivity contribution in [2.45, 2.75) is 56.9 Å². The molecule has 1 saturated carbocycles. The molecule has 0 radical (unpaired) electrons. The monoisotopic (exact) mass is 422 g/mol. The molecular weight excluding hydrogens is 391 g/mol. The van der Waals surface area contributed by atoms with Crippen molar-refractivity contribution in [2.75, 3.05) is 37.0 Å². The van der Waals surface area contributed by atoms with Gasteiger partial charge in [-0.25, -0.2) is 9.97 Å². The van der Waals surface area contributed by atoms with Crippen LogP contribution in [0.2, 0.25) is 0 Å². The number of anilines is 1. The van der Waals surface area contributed by atoms with Gasteiger partial charge in [0.15, 0.2) is 0 Å². The fourth-order valence-electron chi connectivity index (χ4n) is 3.71. The Labute approximate surface area is 173 Å². The van der Waals surface area contributed by atoms with E-state index in [2.05, 4.69) is 16.9 Å². The van der Waals surface area contributed by atoms with Gasteiger partial charge in [0.25, 0.3) is 0 Å². The molecule has 150 valence electrons. The van der Waals surface area contributed by atoms with Crippen molar-refractivity contribution in [2.24, 2.45) is 0 Å². The molecule has 1 aromatic rings. The molecule has 2 aliphatic rings. The number of halogens is 2. The van der Waals surface area contributed by atoms with Gasteiger partial charge in [0.05, 0.1) is 18.3 Å². The number of aromatic nitrogens is 2. The minimum Gasteiger partial charge on any atom is -0.394 e. The SMILES string of the molecule is CSCC[C@@H](CO)Nc1nc(C2CCCC2)nc2c1CCNCC2.Cl.Cl. The maximum Gasteiger partial charge on any atom is 0.134 e. The van der Waals surface area contributed by atoms with Gasteiger partial charge >= 0.3 is 0 Å². The predicted molar refractivity (Wildman–Crippen MR) is 116 cm³/mol. The number of hydrogen-bond acceptors (Lipinski definition) is 6. The first-order valence-electron chi connectivity index (χ1n) is 9.28. The molecule has 1 aliphatic carbocycles. The number of aliphatic hydroxyl groups is 1. The summed E-state index contributed by atoms with van der Waals surface area (Å²) in [5.41, 5.74) is 2.46. The smallest absolute Gasteiger partial charge is 0.134 e. The topological polar surface area (TPSA) is 70.1 Å². The Morgan fingerprint density at radius 1 is 1.19 bits per heavy atom. The summed E-state index contributed by atoms with van der Waals surface area (Å²) in [5.74, 6) is 3.57. The van der Waals surface area contributed by atoms with E-state index in [-0.39, 0.29) is 37.5 Å². The molecule has 1 atom stereocenters. The Morgan fingerprint density at radius 2 is 1.92 bits per heavy atom. The number of nitrogens with zero attached hydrogens (tertiary/aromatic N) is 2. The molecule has 2 heterocycles. The van der Waals surface area contributed by atoms with E-state index in [0.717, 1.165) is 49.7 Å². The van der Waals surface area contributed by atoms with Crippen molar-refractivity contribution in [1.29, 1.82) is 0 Å². The van der Waals surface area contributed by atoms with Crippen molar-refractivity contribution in [3.63, 3.8) is 0 Å². The quantitative estimate of drug-likeness (QED) is 0.626. The lowest BCUT2D eigenvalue weighted by atomic mass is 10.0. The molecule has 0 spiro atoms. The van der Waals surface area contributed by atoms with Gasteiger partial charge in [-0.3, -0.25) is 0 Å². The molecule has 0 saturated heterocycles. The summed E-state index contributed by atoms with van der Waals surface area (Å²) in [6.45, 7) is 2.11. The van der Waals surface area contributed by atoms with Gasteiger partial charge in [-0.1, -0.05) is 12.8 Å². The molecule has 1 fully saturated rings. The zero-order valence-corrected chi connectivity index (χ0v) is 17.9. The number of thioether (sulfide) groups is 1. The van der Waals surface area contributed by atoms with Gasteiger partial charge in [0.2, 0.25) is 0 Å².